The van der Waals surface area contributed by atoms with E-state index in [2.05, 4.69) is 209 Å². The topological polar surface area (TPSA) is 134 Å². The van der Waals surface area contributed by atoms with Crippen LogP contribution >= 0.6 is 24.8 Å². The highest BCUT2D eigenvalue weighted by molar-refractivity contribution is 5.88. The number of aryl methyl sites for hydroxylation is 3. The van der Waals surface area contributed by atoms with Gasteiger partial charge in [0.25, 0.3) is 0 Å². The monoisotopic (exact) mass is 1420 g/mol. The number of halogens is 2. The third kappa shape index (κ3) is 19.8. The van der Waals surface area contributed by atoms with E-state index in [0.29, 0.717) is 0 Å². The first-order valence-corrected chi connectivity index (χ1v) is 38.1. The number of nitrogens with zero attached hydrogens (tertiary/aromatic N) is 8. The predicted octanol–water partition coefficient (Wildman–Crippen LogP) is 17.8. The lowest BCUT2D eigenvalue weighted by molar-refractivity contribution is 0.172. The van der Waals surface area contributed by atoms with Crippen molar-refractivity contribution in [1.82, 2.24) is 45.3 Å². The van der Waals surface area contributed by atoms with E-state index in [-0.39, 0.29) is 24.8 Å². The maximum absolute atomic E-state index is 6.19. The molecule has 3 aromatic heterocycles. The first kappa shape index (κ1) is 74.9. The average Bonchev–Trinajstić information content (AvgIpc) is 1.66. The quantitative estimate of drug-likeness (QED) is 0.0498. The van der Waals surface area contributed by atoms with Crippen LogP contribution in [-0.4, -0.2) is 141 Å². The number of benzene rings is 7. The van der Waals surface area contributed by atoms with Crippen LogP contribution in [0.3, 0.4) is 0 Å². The highest BCUT2D eigenvalue weighted by atomic mass is 35.5. The summed E-state index contributed by atoms with van der Waals surface area (Å²) in [6, 6.07) is 43.7. The number of likely N-dealkylation sites (tertiary alicyclic amines) is 2. The molecule has 6 aliphatic rings. The summed E-state index contributed by atoms with van der Waals surface area (Å²) in [5, 5.41) is 25.9. The van der Waals surface area contributed by atoms with Crippen molar-refractivity contribution in [2.45, 2.75) is 148 Å². The summed E-state index contributed by atoms with van der Waals surface area (Å²) < 4.78 is 36.2. The molecule has 102 heavy (non-hydrogen) atoms. The second-order valence-electron chi connectivity index (χ2n) is 31.1. The van der Waals surface area contributed by atoms with E-state index in [9.17, 15) is 0 Å². The highest BCUT2D eigenvalue weighted by Crippen LogP contribution is 2.40. The maximum atomic E-state index is 6.19. The molecule has 6 heterocycles. The van der Waals surface area contributed by atoms with Gasteiger partial charge in [-0.2, -0.15) is 0 Å². The molecule has 0 spiro atoms. The van der Waals surface area contributed by atoms with Crippen LogP contribution in [0.2, 0.25) is 0 Å². The van der Waals surface area contributed by atoms with Gasteiger partial charge in [0.2, 0.25) is 0 Å². The molecular weight excluding hydrogens is 1310 g/mol. The van der Waals surface area contributed by atoms with Gasteiger partial charge in [-0.1, -0.05) is 100 Å². The predicted molar refractivity (Wildman–Crippen MR) is 418 cm³/mol. The number of fused-ring (bicyclic) bond motifs is 5. The Morgan fingerprint density at radius 2 is 0.696 bits per heavy atom. The first-order valence-electron chi connectivity index (χ1n) is 38.1. The Morgan fingerprint density at radius 3 is 1.03 bits per heavy atom. The summed E-state index contributed by atoms with van der Waals surface area (Å²) in [5.74, 6) is 7.37. The SMILES string of the molecule is CN(C)Cc1c(OCC2CC2)ccc2c(CCC3CCN(Cc4cccc5ccccc45)CC3)noc12.CN(C)Cc1c(OCC2CC2)ccc2c(CCC3CCN(Cc4cccc5ccccc45)CC3)noc12.CN(C)Cc1c(OCC2CC2)ccc2c(CCC3CCNCC3)noc12.Cl.Cl. The van der Waals surface area contributed by atoms with Crippen LogP contribution in [0.4, 0.5) is 0 Å². The van der Waals surface area contributed by atoms with Gasteiger partial charge >= 0.3 is 0 Å². The molecule has 15 nitrogen and oxygen atoms in total. The number of aromatic nitrogens is 3. The Bertz CT molecular complexity index is 4070. The van der Waals surface area contributed by atoms with Crippen molar-refractivity contribution in [3.05, 3.63) is 166 Å². The minimum Gasteiger partial charge on any atom is -0.493 e. The molecule has 3 aliphatic heterocycles. The van der Waals surface area contributed by atoms with Crippen LogP contribution in [0.1, 0.15) is 141 Å². The average molecular weight is 1430 g/mol. The van der Waals surface area contributed by atoms with Gasteiger partial charge in [-0.15, -0.1) is 24.8 Å². The smallest absolute Gasteiger partial charge is 0.175 e. The standard InChI is InChI=1S/2C32H39N3O2.C21H31N3O2.2ClH/c2*1-34(2)21-29-31(36-22-24-10-11-24)15-13-28-30(33-37-32(28)29)14-12-23-16-18-35(19-17-23)20-26-8-5-7-25-6-3-4-9-27(25)26;1-24(2)13-18-20(25-14-16-3-4-16)8-6-17-19(23-26-21(17)18)7-5-15-9-11-22-12-10-15;;/h2*3-9,13,15,23-24H,10-12,14,16-22H2,1-2H3;6,8,15-16,22H,3-5,7,9-14H2,1-2H3;2*1H. The summed E-state index contributed by atoms with van der Waals surface area (Å²) in [7, 11) is 12.5. The number of hydrogen-bond donors (Lipinski definition) is 1. The van der Waals surface area contributed by atoms with Crippen LogP contribution in [0.5, 0.6) is 17.2 Å². The van der Waals surface area contributed by atoms with Crippen LogP contribution in [0, 0.1) is 35.5 Å². The first-order chi connectivity index (χ1) is 49.0. The molecule has 0 atom stereocenters. The van der Waals surface area contributed by atoms with Crippen molar-refractivity contribution in [3.63, 3.8) is 0 Å². The Hall–Kier alpha value is -6.79. The van der Waals surface area contributed by atoms with Gasteiger partial charge in [-0.25, -0.2) is 0 Å². The van der Waals surface area contributed by atoms with Crippen LogP contribution in [0.25, 0.3) is 54.5 Å². The molecule has 6 fully saturated rings. The van der Waals surface area contributed by atoms with Gasteiger partial charge < -0.3 is 47.8 Å². The molecule has 17 heteroatoms. The number of ether oxygens (including phenoxy) is 3. The van der Waals surface area contributed by atoms with E-state index in [4.69, 9.17) is 27.8 Å². The molecule has 0 amide bonds. The summed E-state index contributed by atoms with van der Waals surface area (Å²) in [5.41, 5.74) is 12.3. The lowest BCUT2D eigenvalue weighted by Gasteiger charge is -2.32. The second-order valence-corrected chi connectivity index (χ2v) is 31.1. The molecule has 10 aromatic rings. The zero-order valence-electron chi connectivity index (χ0n) is 61.5. The van der Waals surface area contributed by atoms with Gasteiger partial charge in [-0.05, 0) is 302 Å². The lowest BCUT2D eigenvalue weighted by Crippen LogP contribution is -2.33. The molecular formula is C85H111Cl2N9O6. The highest BCUT2D eigenvalue weighted by Gasteiger charge is 2.29. The zero-order chi connectivity index (χ0) is 68.3. The van der Waals surface area contributed by atoms with Crippen LogP contribution in [0.15, 0.2) is 135 Å². The molecule has 16 rings (SSSR count). The van der Waals surface area contributed by atoms with Gasteiger partial charge in [0, 0.05) is 48.9 Å². The summed E-state index contributed by atoms with van der Waals surface area (Å²) in [4.78, 5) is 11.8. The van der Waals surface area contributed by atoms with E-state index < -0.39 is 0 Å². The summed E-state index contributed by atoms with van der Waals surface area (Å²) >= 11 is 0. The van der Waals surface area contributed by atoms with E-state index in [0.717, 1.165) is 204 Å². The van der Waals surface area contributed by atoms with Crippen molar-refractivity contribution < 1.29 is 27.8 Å². The van der Waals surface area contributed by atoms with Crippen LogP contribution < -0.4 is 19.5 Å². The van der Waals surface area contributed by atoms with Crippen molar-refractivity contribution >= 4 is 79.3 Å². The van der Waals surface area contributed by atoms with E-state index in [1.165, 1.54) is 155 Å². The lowest BCUT2D eigenvalue weighted by atomic mass is 9.90. The van der Waals surface area contributed by atoms with Crippen molar-refractivity contribution in [1.29, 1.82) is 0 Å². The Balaban J connectivity index is 0.000000145. The normalized spacial score (nSPS) is 17.3. The van der Waals surface area contributed by atoms with Gasteiger partial charge in [0.1, 0.15) is 17.2 Å². The summed E-state index contributed by atoms with van der Waals surface area (Å²) in [6.45, 7) is 13.9. The van der Waals surface area contributed by atoms with Crippen molar-refractivity contribution in [3.8, 4) is 17.2 Å². The molecule has 0 bridgehead atoms. The van der Waals surface area contributed by atoms with E-state index in [1.54, 1.807) is 0 Å². The van der Waals surface area contributed by atoms with Gasteiger partial charge in [0.15, 0.2) is 16.7 Å². The largest absolute Gasteiger partial charge is 0.493 e. The third-order valence-corrected chi connectivity index (χ3v) is 22.1. The molecule has 546 valence electrons. The number of piperidine rings is 3. The van der Waals surface area contributed by atoms with Crippen LogP contribution in [-0.2, 0) is 52.0 Å². The molecule has 3 saturated heterocycles. The molecule has 1 N–H and O–H groups in total. The third-order valence-electron chi connectivity index (χ3n) is 22.1. The molecule has 0 radical (unpaired) electrons. The Labute approximate surface area is 617 Å². The Kier molecular flexibility index (Phi) is 26.3. The fourth-order valence-corrected chi connectivity index (χ4v) is 15.5. The van der Waals surface area contributed by atoms with Crippen molar-refractivity contribution in [2.24, 2.45) is 35.5 Å². The molecule has 3 saturated carbocycles. The number of hydrogen-bond acceptors (Lipinski definition) is 15. The fourth-order valence-electron chi connectivity index (χ4n) is 15.5. The summed E-state index contributed by atoms with van der Waals surface area (Å²) in [6.07, 6.45) is 21.8. The minimum absolute atomic E-state index is 0. The fraction of sp³-hybridized carbons (Fsp3) is 0.518. The number of nitrogens with one attached hydrogen (secondary N) is 1. The number of rotatable bonds is 28. The maximum Gasteiger partial charge on any atom is 0.175 e. The molecule has 7 aromatic carbocycles. The van der Waals surface area contributed by atoms with Gasteiger partial charge in [0.05, 0.1) is 53.6 Å². The Morgan fingerprint density at radius 1 is 0.373 bits per heavy atom. The zero-order valence-corrected chi connectivity index (χ0v) is 63.1. The second kappa shape index (κ2) is 35.8. The molecule has 0 unspecified atom stereocenters. The minimum atomic E-state index is 0. The van der Waals surface area contributed by atoms with Gasteiger partial charge in [-0.3, -0.25) is 9.80 Å². The van der Waals surface area contributed by atoms with E-state index >= 15 is 0 Å². The molecule has 3 aliphatic carbocycles. The van der Waals surface area contributed by atoms with E-state index in [1.807, 2.05) is 0 Å². The van der Waals surface area contributed by atoms with Crippen molar-refractivity contribution in [2.75, 3.05) is 101 Å².